The average molecular weight is 307 g/mol. The van der Waals surface area contributed by atoms with E-state index < -0.39 is 0 Å². The van der Waals surface area contributed by atoms with Gasteiger partial charge in [-0.25, -0.2) is 0 Å². The van der Waals surface area contributed by atoms with Crippen LogP contribution >= 0.6 is 11.3 Å². The van der Waals surface area contributed by atoms with Gasteiger partial charge in [-0.3, -0.25) is 4.79 Å². The van der Waals surface area contributed by atoms with E-state index in [-0.39, 0.29) is 17.6 Å². The van der Waals surface area contributed by atoms with Crippen LogP contribution in [-0.4, -0.2) is 48.8 Å². The van der Waals surface area contributed by atoms with Gasteiger partial charge < -0.3 is 14.4 Å². The molecule has 0 saturated carbocycles. The Morgan fingerprint density at radius 3 is 3.19 bits per heavy atom. The van der Waals surface area contributed by atoms with Crippen LogP contribution < -0.4 is 0 Å². The Kier molecular flexibility index (Phi) is 4.42. The summed E-state index contributed by atoms with van der Waals surface area (Å²) in [5.41, 5.74) is -0.162. The SMILES string of the molecule is CCO[C@H]1CCOC2(C1)CN(C(=O)/C=C/c1cccs1)C2. The summed E-state index contributed by atoms with van der Waals surface area (Å²) >= 11 is 1.63. The van der Waals surface area contributed by atoms with Crippen molar-refractivity contribution in [1.82, 2.24) is 4.90 Å². The molecule has 21 heavy (non-hydrogen) atoms. The van der Waals surface area contributed by atoms with E-state index in [1.54, 1.807) is 17.4 Å². The lowest BCUT2D eigenvalue weighted by atomic mass is 9.84. The molecule has 114 valence electrons. The molecule has 0 bridgehead atoms. The molecule has 2 fully saturated rings. The van der Waals surface area contributed by atoms with Crippen LogP contribution in [0.25, 0.3) is 6.08 Å². The smallest absolute Gasteiger partial charge is 0.246 e. The molecule has 4 nitrogen and oxygen atoms in total. The molecule has 0 aliphatic carbocycles. The van der Waals surface area contributed by atoms with Crippen molar-refractivity contribution in [2.45, 2.75) is 31.5 Å². The lowest BCUT2D eigenvalue weighted by Crippen LogP contribution is -2.67. The number of rotatable bonds is 4. The first-order valence-electron chi connectivity index (χ1n) is 7.47. The minimum atomic E-state index is -0.162. The largest absolute Gasteiger partial charge is 0.378 e. The fourth-order valence-electron chi connectivity index (χ4n) is 3.03. The maximum Gasteiger partial charge on any atom is 0.246 e. The van der Waals surface area contributed by atoms with Gasteiger partial charge in [-0.2, -0.15) is 0 Å². The third-order valence-electron chi connectivity index (χ3n) is 4.05. The highest BCUT2D eigenvalue weighted by atomic mass is 32.1. The lowest BCUT2D eigenvalue weighted by Gasteiger charge is -2.52. The van der Waals surface area contributed by atoms with Crippen molar-refractivity contribution in [3.05, 3.63) is 28.5 Å². The minimum Gasteiger partial charge on any atom is -0.378 e. The Bertz CT molecular complexity index is 504. The number of thiophene rings is 1. The molecule has 0 aromatic carbocycles. The van der Waals surface area contributed by atoms with Crippen molar-refractivity contribution in [2.24, 2.45) is 0 Å². The Hall–Kier alpha value is -1.17. The van der Waals surface area contributed by atoms with Gasteiger partial charge in [-0.05, 0) is 30.9 Å². The standard InChI is InChI=1S/C16H21NO3S/c1-2-19-13-7-8-20-16(10-13)11-17(12-16)15(18)6-5-14-4-3-9-21-14/h3-6,9,13H,2,7-8,10-12H2,1H3/b6-5+/t13-/m0/s1. The van der Waals surface area contributed by atoms with E-state index in [1.807, 2.05) is 35.4 Å². The molecular formula is C16H21NO3S. The van der Waals surface area contributed by atoms with Crippen molar-refractivity contribution < 1.29 is 14.3 Å². The number of hydrogen-bond acceptors (Lipinski definition) is 4. The van der Waals surface area contributed by atoms with Crippen LogP contribution in [0.2, 0.25) is 0 Å². The van der Waals surface area contributed by atoms with Gasteiger partial charge in [0.05, 0.1) is 19.2 Å². The number of likely N-dealkylation sites (tertiary alicyclic amines) is 1. The van der Waals surface area contributed by atoms with Gasteiger partial charge in [0, 0.05) is 30.6 Å². The van der Waals surface area contributed by atoms with Crippen molar-refractivity contribution in [3.63, 3.8) is 0 Å². The number of amides is 1. The second kappa shape index (κ2) is 6.30. The molecule has 0 unspecified atom stereocenters. The zero-order chi connectivity index (χ0) is 14.7. The first kappa shape index (κ1) is 14.8. The van der Waals surface area contributed by atoms with Crippen LogP contribution in [-0.2, 0) is 14.3 Å². The lowest BCUT2D eigenvalue weighted by molar-refractivity contribution is -0.198. The predicted octanol–water partition coefficient (Wildman–Crippen LogP) is 2.56. The summed E-state index contributed by atoms with van der Waals surface area (Å²) in [5.74, 6) is 0.0659. The number of ether oxygens (including phenoxy) is 2. The molecule has 0 radical (unpaired) electrons. The van der Waals surface area contributed by atoms with Gasteiger partial charge >= 0.3 is 0 Å². The van der Waals surface area contributed by atoms with E-state index in [1.165, 1.54) is 0 Å². The van der Waals surface area contributed by atoms with Crippen molar-refractivity contribution >= 4 is 23.3 Å². The molecular weight excluding hydrogens is 286 g/mol. The van der Waals surface area contributed by atoms with E-state index >= 15 is 0 Å². The Balaban J connectivity index is 1.51. The molecule has 3 heterocycles. The van der Waals surface area contributed by atoms with Crippen LogP contribution in [0.3, 0.4) is 0 Å². The van der Waals surface area contributed by atoms with E-state index in [4.69, 9.17) is 9.47 Å². The number of hydrogen-bond donors (Lipinski definition) is 0. The molecule has 1 aromatic heterocycles. The first-order valence-corrected chi connectivity index (χ1v) is 8.35. The van der Waals surface area contributed by atoms with Crippen molar-refractivity contribution in [1.29, 1.82) is 0 Å². The molecule has 0 N–H and O–H groups in total. The quantitative estimate of drug-likeness (QED) is 0.803. The fraction of sp³-hybridized carbons (Fsp3) is 0.562. The van der Waals surface area contributed by atoms with Gasteiger partial charge in [-0.15, -0.1) is 11.3 Å². The fourth-order valence-corrected chi connectivity index (χ4v) is 3.65. The highest BCUT2D eigenvalue weighted by Gasteiger charge is 2.49. The van der Waals surface area contributed by atoms with Crippen LogP contribution in [0.15, 0.2) is 23.6 Å². The number of carbonyl (C=O) groups is 1. The molecule has 3 rings (SSSR count). The van der Waals surface area contributed by atoms with Gasteiger partial charge in [-0.1, -0.05) is 6.07 Å². The third-order valence-corrected chi connectivity index (χ3v) is 4.89. The Morgan fingerprint density at radius 1 is 1.62 bits per heavy atom. The highest BCUT2D eigenvalue weighted by molar-refractivity contribution is 7.10. The molecule has 1 spiro atoms. The summed E-state index contributed by atoms with van der Waals surface area (Å²) in [6, 6.07) is 3.99. The maximum absolute atomic E-state index is 12.1. The first-order chi connectivity index (χ1) is 10.2. The molecule has 2 aliphatic heterocycles. The van der Waals surface area contributed by atoms with Crippen molar-refractivity contribution in [3.8, 4) is 0 Å². The van der Waals surface area contributed by atoms with Crippen LogP contribution in [0.5, 0.6) is 0 Å². The monoisotopic (exact) mass is 307 g/mol. The molecule has 5 heteroatoms. The van der Waals surface area contributed by atoms with Crippen LogP contribution in [0.1, 0.15) is 24.6 Å². The summed E-state index contributed by atoms with van der Waals surface area (Å²) in [7, 11) is 0. The molecule has 1 atom stereocenters. The summed E-state index contributed by atoms with van der Waals surface area (Å²) < 4.78 is 11.6. The minimum absolute atomic E-state index is 0.0659. The normalized spacial score (nSPS) is 24.4. The van der Waals surface area contributed by atoms with Gasteiger partial charge in [0.15, 0.2) is 0 Å². The van der Waals surface area contributed by atoms with E-state index in [0.29, 0.717) is 13.1 Å². The second-order valence-electron chi connectivity index (χ2n) is 5.64. The Labute approximate surface area is 129 Å². The summed E-state index contributed by atoms with van der Waals surface area (Å²) in [6.07, 6.45) is 5.67. The summed E-state index contributed by atoms with van der Waals surface area (Å²) in [5, 5.41) is 2.01. The van der Waals surface area contributed by atoms with E-state index in [9.17, 15) is 4.79 Å². The zero-order valence-corrected chi connectivity index (χ0v) is 13.1. The van der Waals surface area contributed by atoms with Crippen LogP contribution in [0.4, 0.5) is 0 Å². The molecule has 1 amide bonds. The van der Waals surface area contributed by atoms with E-state index in [0.717, 1.165) is 30.9 Å². The average Bonchev–Trinajstić information content (AvgIpc) is 2.96. The zero-order valence-electron chi connectivity index (χ0n) is 12.3. The van der Waals surface area contributed by atoms with Crippen LogP contribution in [0, 0.1) is 0 Å². The van der Waals surface area contributed by atoms with Gasteiger partial charge in [0.1, 0.15) is 5.60 Å². The topological polar surface area (TPSA) is 38.8 Å². The summed E-state index contributed by atoms with van der Waals surface area (Å²) in [6.45, 7) is 4.87. The third kappa shape index (κ3) is 3.36. The van der Waals surface area contributed by atoms with E-state index in [2.05, 4.69) is 0 Å². The maximum atomic E-state index is 12.1. The number of carbonyl (C=O) groups excluding carboxylic acids is 1. The Morgan fingerprint density at radius 2 is 2.48 bits per heavy atom. The molecule has 2 aliphatic rings. The van der Waals surface area contributed by atoms with Gasteiger partial charge in [0.2, 0.25) is 5.91 Å². The molecule has 2 saturated heterocycles. The van der Waals surface area contributed by atoms with Crippen molar-refractivity contribution in [2.75, 3.05) is 26.3 Å². The summed E-state index contributed by atoms with van der Waals surface area (Å²) in [4.78, 5) is 15.1. The number of nitrogens with zero attached hydrogens (tertiary/aromatic N) is 1. The molecule has 1 aromatic rings. The highest BCUT2D eigenvalue weighted by Crippen LogP contribution is 2.35. The predicted molar refractivity (Wildman–Crippen MR) is 83.3 cm³/mol. The second-order valence-corrected chi connectivity index (χ2v) is 6.62. The van der Waals surface area contributed by atoms with Gasteiger partial charge in [0.25, 0.3) is 0 Å².